The van der Waals surface area contributed by atoms with Crippen molar-refractivity contribution in [3.8, 4) is 11.5 Å². The highest BCUT2D eigenvalue weighted by molar-refractivity contribution is 5.44. The number of aliphatic hydroxyl groups is 1. The average molecular weight is 279 g/mol. The van der Waals surface area contributed by atoms with E-state index in [1.54, 1.807) is 0 Å². The number of benzene rings is 1. The predicted octanol–water partition coefficient (Wildman–Crippen LogP) is 2.66. The van der Waals surface area contributed by atoms with Crippen molar-refractivity contribution < 1.29 is 14.6 Å². The zero-order valence-corrected chi connectivity index (χ0v) is 12.4. The Bertz CT molecular complexity index is 422. The molecule has 4 nitrogen and oxygen atoms in total. The standard InChI is InChI=1S/C16H25NO3/c1-3-4-5-12(2)17-11-14(18)13-6-7-15-16(10-13)20-9-8-19-15/h6-7,10,12,14,17-18H,3-5,8-9,11H2,1-2H3. The zero-order valence-electron chi connectivity index (χ0n) is 12.4. The number of nitrogens with one attached hydrogen (secondary N) is 1. The molecule has 0 saturated carbocycles. The second-order valence-electron chi connectivity index (χ2n) is 5.37. The highest BCUT2D eigenvalue weighted by Gasteiger charge is 2.15. The Kier molecular flexibility index (Phi) is 5.68. The summed E-state index contributed by atoms with van der Waals surface area (Å²) in [5.74, 6) is 1.49. The van der Waals surface area contributed by atoms with Gasteiger partial charge >= 0.3 is 0 Å². The molecule has 2 unspecified atom stereocenters. The number of rotatable bonds is 7. The van der Waals surface area contributed by atoms with E-state index in [0.717, 1.165) is 23.5 Å². The molecule has 0 amide bonds. The Morgan fingerprint density at radius 2 is 2.00 bits per heavy atom. The Morgan fingerprint density at radius 1 is 1.25 bits per heavy atom. The minimum absolute atomic E-state index is 0.432. The molecule has 0 fully saturated rings. The molecule has 112 valence electrons. The fraction of sp³-hybridized carbons (Fsp3) is 0.625. The number of fused-ring (bicyclic) bond motifs is 1. The maximum Gasteiger partial charge on any atom is 0.161 e. The maximum absolute atomic E-state index is 10.2. The van der Waals surface area contributed by atoms with E-state index in [-0.39, 0.29) is 0 Å². The van der Waals surface area contributed by atoms with Gasteiger partial charge < -0.3 is 19.9 Å². The molecule has 2 rings (SSSR count). The first kappa shape index (κ1) is 15.1. The van der Waals surface area contributed by atoms with Gasteiger partial charge in [-0.15, -0.1) is 0 Å². The van der Waals surface area contributed by atoms with E-state index in [4.69, 9.17) is 9.47 Å². The topological polar surface area (TPSA) is 50.7 Å². The molecule has 1 aromatic carbocycles. The first-order chi connectivity index (χ1) is 9.70. The van der Waals surface area contributed by atoms with E-state index in [2.05, 4.69) is 19.2 Å². The lowest BCUT2D eigenvalue weighted by Crippen LogP contribution is -2.30. The third kappa shape index (κ3) is 4.12. The number of aliphatic hydroxyl groups excluding tert-OH is 1. The van der Waals surface area contributed by atoms with Crippen LogP contribution in [0, 0.1) is 0 Å². The van der Waals surface area contributed by atoms with Crippen molar-refractivity contribution in [2.45, 2.75) is 45.3 Å². The first-order valence-corrected chi connectivity index (χ1v) is 7.51. The van der Waals surface area contributed by atoms with E-state index in [1.165, 1.54) is 12.8 Å². The lowest BCUT2D eigenvalue weighted by Gasteiger charge is -2.21. The fourth-order valence-corrected chi connectivity index (χ4v) is 2.31. The number of ether oxygens (including phenoxy) is 2. The molecule has 20 heavy (non-hydrogen) atoms. The van der Waals surface area contributed by atoms with Gasteiger partial charge in [0.15, 0.2) is 11.5 Å². The van der Waals surface area contributed by atoms with Crippen LogP contribution in [0.1, 0.15) is 44.8 Å². The Labute approximate surface area is 121 Å². The molecular weight excluding hydrogens is 254 g/mol. The molecule has 1 aromatic rings. The second kappa shape index (κ2) is 7.50. The van der Waals surface area contributed by atoms with Gasteiger partial charge in [0.1, 0.15) is 13.2 Å². The smallest absolute Gasteiger partial charge is 0.161 e. The normalized spacial score (nSPS) is 16.8. The largest absolute Gasteiger partial charge is 0.486 e. The predicted molar refractivity (Wildman–Crippen MR) is 79.4 cm³/mol. The maximum atomic E-state index is 10.2. The van der Waals surface area contributed by atoms with E-state index in [9.17, 15) is 5.11 Å². The van der Waals surface area contributed by atoms with Crippen LogP contribution in [-0.4, -0.2) is 30.9 Å². The van der Waals surface area contributed by atoms with Crippen molar-refractivity contribution in [2.24, 2.45) is 0 Å². The lowest BCUT2D eigenvalue weighted by atomic mass is 10.1. The van der Waals surface area contributed by atoms with Crippen LogP contribution in [0.2, 0.25) is 0 Å². The van der Waals surface area contributed by atoms with Crippen molar-refractivity contribution in [2.75, 3.05) is 19.8 Å². The molecule has 1 aliphatic rings. The summed E-state index contributed by atoms with van der Waals surface area (Å²) in [6.45, 7) is 6.07. The molecule has 0 saturated heterocycles. The quantitative estimate of drug-likeness (QED) is 0.805. The molecule has 2 N–H and O–H groups in total. The van der Waals surface area contributed by atoms with Crippen molar-refractivity contribution in [1.29, 1.82) is 0 Å². The second-order valence-corrected chi connectivity index (χ2v) is 5.37. The number of hydrogen-bond donors (Lipinski definition) is 2. The molecule has 0 radical (unpaired) electrons. The van der Waals surface area contributed by atoms with Gasteiger partial charge in [-0.1, -0.05) is 25.8 Å². The van der Waals surface area contributed by atoms with Gasteiger partial charge in [-0.05, 0) is 31.0 Å². The van der Waals surface area contributed by atoms with E-state index >= 15 is 0 Å². The Hall–Kier alpha value is -1.26. The molecule has 0 bridgehead atoms. The van der Waals surface area contributed by atoms with Gasteiger partial charge in [0, 0.05) is 12.6 Å². The van der Waals surface area contributed by atoms with Gasteiger partial charge in [0.05, 0.1) is 6.10 Å². The summed E-state index contributed by atoms with van der Waals surface area (Å²) in [4.78, 5) is 0. The molecule has 1 aliphatic heterocycles. The van der Waals surface area contributed by atoms with Gasteiger partial charge in [-0.2, -0.15) is 0 Å². The van der Waals surface area contributed by atoms with Gasteiger partial charge in [0.2, 0.25) is 0 Å². The van der Waals surface area contributed by atoms with E-state index in [0.29, 0.717) is 25.8 Å². The van der Waals surface area contributed by atoms with Crippen LogP contribution in [0.15, 0.2) is 18.2 Å². The molecule has 1 heterocycles. The van der Waals surface area contributed by atoms with Crippen LogP contribution in [-0.2, 0) is 0 Å². The molecule has 4 heteroatoms. The van der Waals surface area contributed by atoms with Gasteiger partial charge in [-0.3, -0.25) is 0 Å². The van der Waals surface area contributed by atoms with Crippen molar-refractivity contribution >= 4 is 0 Å². The molecule has 0 aromatic heterocycles. The minimum atomic E-state index is -0.519. The SMILES string of the molecule is CCCCC(C)NCC(O)c1ccc2c(c1)OCCO2. The highest BCUT2D eigenvalue weighted by Crippen LogP contribution is 2.32. The van der Waals surface area contributed by atoms with Crippen molar-refractivity contribution in [1.82, 2.24) is 5.32 Å². The summed E-state index contributed by atoms with van der Waals surface area (Å²) in [7, 11) is 0. The monoisotopic (exact) mass is 279 g/mol. The number of hydrogen-bond acceptors (Lipinski definition) is 4. The van der Waals surface area contributed by atoms with Crippen molar-refractivity contribution in [3.05, 3.63) is 23.8 Å². The minimum Gasteiger partial charge on any atom is -0.486 e. The van der Waals surface area contributed by atoms with E-state index < -0.39 is 6.10 Å². The van der Waals surface area contributed by atoms with Crippen LogP contribution >= 0.6 is 0 Å². The third-order valence-electron chi connectivity index (χ3n) is 3.60. The Morgan fingerprint density at radius 3 is 2.75 bits per heavy atom. The summed E-state index contributed by atoms with van der Waals surface area (Å²) in [6.07, 6.45) is 3.05. The molecule has 0 aliphatic carbocycles. The van der Waals surface area contributed by atoms with Crippen LogP contribution < -0.4 is 14.8 Å². The summed E-state index contributed by atoms with van der Waals surface area (Å²) >= 11 is 0. The first-order valence-electron chi connectivity index (χ1n) is 7.51. The van der Waals surface area contributed by atoms with Crippen LogP contribution in [0.5, 0.6) is 11.5 Å². The van der Waals surface area contributed by atoms with Crippen molar-refractivity contribution in [3.63, 3.8) is 0 Å². The fourth-order valence-electron chi connectivity index (χ4n) is 2.31. The zero-order chi connectivity index (χ0) is 14.4. The van der Waals surface area contributed by atoms with E-state index in [1.807, 2.05) is 18.2 Å². The van der Waals surface area contributed by atoms with Gasteiger partial charge in [-0.25, -0.2) is 0 Å². The van der Waals surface area contributed by atoms with Crippen LogP contribution in [0.4, 0.5) is 0 Å². The van der Waals surface area contributed by atoms with Crippen LogP contribution in [0.3, 0.4) is 0 Å². The summed E-state index contributed by atoms with van der Waals surface area (Å²) in [6, 6.07) is 6.07. The Balaban J connectivity index is 1.87. The lowest BCUT2D eigenvalue weighted by molar-refractivity contribution is 0.161. The average Bonchev–Trinajstić information content (AvgIpc) is 2.50. The van der Waals surface area contributed by atoms with Gasteiger partial charge in [0.25, 0.3) is 0 Å². The van der Waals surface area contributed by atoms with Crippen LogP contribution in [0.25, 0.3) is 0 Å². The summed E-state index contributed by atoms with van der Waals surface area (Å²) in [5.41, 5.74) is 0.865. The molecule has 2 atom stereocenters. The summed E-state index contributed by atoms with van der Waals surface area (Å²) < 4.78 is 11.0. The molecule has 0 spiro atoms. The number of unbranched alkanes of at least 4 members (excludes halogenated alkanes) is 1. The summed E-state index contributed by atoms with van der Waals surface area (Å²) in [5, 5.41) is 13.6. The highest BCUT2D eigenvalue weighted by atomic mass is 16.6. The molecular formula is C16H25NO3. The third-order valence-corrected chi connectivity index (χ3v) is 3.60.